The molecule has 0 aliphatic heterocycles. The van der Waals surface area contributed by atoms with Crippen LogP contribution in [0.1, 0.15) is 152 Å². The number of ketones is 1. The maximum absolute atomic E-state index is 13.9. The molecule has 784 valence electrons. The van der Waals surface area contributed by atoms with Crippen molar-refractivity contribution in [1.29, 1.82) is 0 Å². The summed E-state index contributed by atoms with van der Waals surface area (Å²) in [6, 6.07) is 72.4. The Morgan fingerprint density at radius 2 is 0.965 bits per heavy atom. The number of hydrogen-bond acceptors (Lipinski definition) is 25. The SMILES string of the molecule is CC(=O)O[C@@H]1CC[C@@]2(C)[C@@H](C1)C[C@@H](OC(C)=O)[C@@H]1[C@@H]2C[C@H](OC(C)=O)[C@]2(C)[C@@H](C(C)CCC(=O)OC(C)C(F)(F)S(=O)(=O)[O-])CC[C@@H]12.CC(OC(=O)C12CC3CC(C1)C(=O)C(C3)C2)C(C)(F)F.COCCOCCOCCn1cnc2ccccc21.COCOCCN(CCOCOC)CCOCOC.c1ccc([S+](c2ccccc2)c2ccccc2)cc1.c1ccc([S+](c2ccccc2)c2ccccc2)cc1. The fraction of sp³-hybridized carbons (Fsp3) is 0.555. The van der Waals surface area contributed by atoms with Gasteiger partial charge in [-0.3, -0.25) is 33.7 Å². The van der Waals surface area contributed by atoms with E-state index in [1.165, 1.54) is 57.1 Å². The smallest absolute Gasteiger partial charge is 0.369 e. The molecule has 15 atom stereocenters. The van der Waals surface area contributed by atoms with E-state index in [-0.39, 0.29) is 117 Å². The van der Waals surface area contributed by atoms with E-state index in [9.17, 15) is 59.3 Å². The molecule has 8 aliphatic rings. The van der Waals surface area contributed by atoms with Crippen LogP contribution in [0.2, 0.25) is 0 Å². The third kappa shape index (κ3) is 33.0. The predicted molar refractivity (Wildman–Crippen MR) is 535 cm³/mol. The first-order chi connectivity index (χ1) is 68.5. The molecule has 8 fully saturated rings. The molecule has 16 rings (SSSR count). The summed E-state index contributed by atoms with van der Waals surface area (Å²) in [7, 11) is 0.427. The maximum atomic E-state index is 13.9. The fourth-order valence-corrected chi connectivity index (χ4v) is 26.6. The molecule has 5 unspecified atom stereocenters. The van der Waals surface area contributed by atoms with Crippen LogP contribution in [0.25, 0.3) is 11.0 Å². The lowest BCUT2D eigenvalue weighted by molar-refractivity contribution is -0.224. The number of carbonyl (C=O) groups is 6. The lowest BCUT2D eigenvalue weighted by atomic mass is 9.43. The number of para-hydroxylation sites is 2. The highest BCUT2D eigenvalue weighted by molar-refractivity contribution is 7.97. The number of methoxy groups -OCH3 is 4. The quantitative estimate of drug-likeness (QED) is 0.00652. The molecular formula is C110H146F4N3O23S3+. The van der Waals surface area contributed by atoms with Gasteiger partial charge in [0.2, 0.25) is 0 Å². The minimum Gasteiger partial charge on any atom is -0.743 e. The lowest BCUT2D eigenvalue weighted by Gasteiger charge is -2.64. The average molecular weight is 2050 g/mol. The van der Waals surface area contributed by atoms with Crippen LogP contribution in [0, 0.1) is 69.5 Å². The fourth-order valence-electron chi connectivity index (χ4n) is 21.9. The Hall–Kier alpha value is -9.04. The molecule has 8 aromatic rings. The van der Waals surface area contributed by atoms with Gasteiger partial charge in [0.25, 0.3) is 5.92 Å². The van der Waals surface area contributed by atoms with Gasteiger partial charge in [-0.1, -0.05) is 142 Å². The number of carbonyl (C=O) groups excluding carboxylic acids is 6. The molecule has 4 bridgehead atoms. The Morgan fingerprint density at radius 1 is 0.517 bits per heavy atom. The third-order valence-electron chi connectivity index (χ3n) is 28.7. The van der Waals surface area contributed by atoms with Crippen molar-refractivity contribution in [2.24, 2.45) is 69.5 Å². The molecule has 0 radical (unpaired) electrons. The van der Waals surface area contributed by atoms with Gasteiger partial charge >= 0.3 is 35.1 Å². The Morgan fingerprint density at radius 3 is 1.41 bits per heavy atom. The van der Waals surface area contributed by atoms with E-state index >= 15 is 0 Å². The van der Waals surface area contributed by atoms with Crippen LogP contribution >= 0.6 is 0 Å². The van der Waals surface area contributed by atoms with Crippen molar-refractivity contribution >= 4 is 78.6 Å². The summed E-state index contributed by atoms with van der Waals surface area (Å²) in [4.78, 5) is 88.4. The second-order valence-corrected chi connectivity index (χ2v) is 43.9. The van der Waals surface area contributed by atoms with Crippen molar-refractivity contribution in [3.63, 3.8) is 0 Å². The van der Waals surface area contributed by atoms with Crippen molar-refractivity contribution in [2.75, 3.05) is 121 Å². The summed E-state index contributed by atoms with van der Waals surface area (Å²) < 4.78 is 163. The van der Waals surface area contributed by atoms with Gasteiger partial charge in [0.05, 0.1) is 97.4 Å². The number of fused-ring (bicyclic) bond motifs is 6. The third-order valence-corrected chi connectivity index (χ3v) is 34.1. The van der Waals surface area contributed by atoms with Crippen molar-refractivity contribution in [2.45, 2.75) is 230 Å². The highest BCUT2D eigenvalue weighted by Crippen LogP contribution is 2.70. The van der Waals surface area contributed by atoms with Gasteiger partial charge in [-0.2, -0.15) is 8.78 Å². The molecule has 0 saturated heterocycles. The van der Waals surface area contributed by atoms with Crippen molar-refractivity contribution in [3.05, 3.63) is 213 Å². The summed E-state index contributed by atoms with van der Waals surface area (Å²) in [6.07, 6.45) is 5.23. The number of nitrogens with zero attached hydrogens (tertiary/aromatic N) is 3. The monoisotopic (exact) mass is 2050 g/mol. The van der Waals surface area contributed by atoms with Gasteiger partial charge in [-0.15, -0.1) is 0 Å². The Labute approximate surface area is 846 Å². The van der Waals surface area contributed by atoms with Crippen LogP contribution in [0.15, 0.2) is 242 Å². The molecular weight excluding hydrogens is 1900 g/mol. The summed E-state index contributed by atoms with van der Waals surface area (Å²) in [5.74, 6) is -5.14. The molecule has 26 nitrogen and oxygen atoms in total. The number of alkyl halides is 4. The molecule has 1 aromatic heterocycles. The number of ether oxygens (including phenoxy) is 14. The van der Waals surface area contributed by atoms with Gasteiger partial charge < -0.3 is 75.4 Å². The van der Waals surface area contributed by atoms with Crippen LogP contribution in [-0.4, -0.2) is 226 Å². The standard InChI is InChI=1S/C33H50F2O11S.2C18H15S.C15H20F2O3.C14H20N2O3.C12H27NO6/c1-17(8-11-29(39)43-18(2)33(34,35)47(40,41)42)24-9-10-25-30-26(16-28(32(24,25)7)46-21(5)38)31(6)13-12-23(44-19(3)36)14-22(31)15-27(30)45-20(4)37;2*1-4-10-16(11-5-1)19(17-12-6-2-7-13-17)18-14-8-3-9-15-18;1-8(14(2,16)17)20-13(19)15-5-9-3-10(6-15)12(18)11(4-9)7-15;1-17-8-9-19-11-10-18-7-6-16-12-15-13-4-2-3-5-14(13)16;1-14-10-17-7-4-13(5-8-18-11-15-2)6-9-19-12-16-3/h17-18,22-28,30H,8-16H2,1-7H3,(H,40,41,42);2*1-15H;8-11H,3-7H2,1-2H3;2-5,12H,6-11H2,1H3;4-12H2,1-3H3/q;2*+1;;;/p-1/t17?,18?,22-,23+,24+,25-,26-,27+,28-,30-,31-,32+;;;;;/m0...../s1. The van der Waals surface area contributed by atoms with Crippen LogP contribution in [0.5, 0.6) is 0 Å². The number of Topliss-reactive ketones (excluding diaryl/α,β-unsaturated/α-hetero) is 1. The molecule has 33 heteroatoms. The van der Waals surface area contributed by atoms with Gasteiger partial charge in [0.15, 0.2) is 51.7 Å². The second-order valence-electron chi connectivity index (χ2n) is 38.4. The van der Waals surface area contributed by atoms with Crippen molar-refractivity contribution in [1.82, 2.24) is 14.5 Å². The molecule has 7 aromatic carbocycles. The molecule has 0 spiro atoms. The number of benzene rings is 7. The zero-order valence-corrected chi connectivity index (χ0v) is 87.2. The first-order valence-corrected chi connectivity index (χ1v) is 53.3. The molecule has 143 heavy (non-hydrogen) atoms. The highest BCUT2D eigenvalue weighted by Gasteiger charge is 2.68. The Bertz CT molecular complexity index is 4930. The van der Waals surface area contributed by atoms with E-state index in [1.807, 2.05) is 31.5 Å². The molecule has 0 amide bonds. The molecule has 1 heterocycles. The number of halogens is 4. The van der Waals surface area contributed by atoms with E-state index in [1.54, 1.807) is 28.4 Å². The van der Waals surface area contributed by atoms with E-state index in [2.05, 4.69) is 221 Å². The minimum atomic E-state index is -6.02. The van der Waals surface area contributed by atoms with Gasteiger partial charge in [0.1, 0.15) is 44.5 Å². The average Bonchev–Trinajstić information content (AvgIpc) is 1.61. The van der Waals surface area contributed by atoms with Crippen LogP contribution in [-0.2, 0) is 134 Å². The zero-order valence-electron chi connectivity index (χ0n) is 84.8. The number of hydrogen-bond donors (Lipinski definition) is 0. The largest absolute Gasteiger partial charge is 0.743 e. The summed E-state index contributed by atoms with van der Waals surface area (Å²) in [5.41, 5.74) is 0.766. The Balaban J connectivity index is 0.000000186. The van der Waals surface area contributed by atoms with Gasteiger partial charge in [0, 0.05) is 112 Å². The first-order valence-electron chi connectivity index (χ1n) is 49.4. The summed E-state index contributed by atoms with van der Waals surface area (Å²) in [6.45, 7) is 22.3. The first kappa shape index (κ1) is 116. The Kier molecular flexibility index (Phi) is 46.0. The van der Waals surface area contributed by atoms with E-state index in [4.69, 9.17) is 61.6 Å². The second kappa shape index (κ2) is 56.8. The minimum absolute atomic E-state index is 0.0125. The number of aromatic nitrogens is 2. The van der Waals surface area contributed by atoms with Gasteiger partial charge in [-0.05, 0) is 223 Å². The van der Waals surface area contributed by atoms with E-state index in [0.29, 0.717) is 125 Å². The van der Waals surface area contributed by atoms with E-state index < -0.39 is 68.3 Å². The van der Waals surface area contributed by atoms with Crippen LogP contribution in [0.3, 0.4) is 0 Å². The van der Waals surface area contributed by atoms with Crippen molar-refractivity contribution in [3.8, 4) is 0 Å². The van der Waals surface area contributed by atoms with Crippen LogP contribution in [0.4, 0.5) is 17.6 Å². The molecule has 8 aliphatic carbocycles. The molecule has 8 saturated carbocycles. The zero-order chi connectivity index (χ0) is 103. The highest BCUT2D eigenvalue weighted by atomic mass is 32.2. The topological polar surface area (TPSA) is 310 Å². The summed E-state index contributed by atoms with van der Waals surface area (Å²) >= 11 is 0. The van der Waals surface area contributed by atoms with Crippen molar-refractivity contribution < 1.29 is 126 Å². The predicted octanol–water partition coefficient (Wildman–Crippen LogP) is 19.5. The van der Waals surface area contributed by atoms with E-state index in [0.717, 1.165) is 82.7 Å². The van der Waals surface area contributed by atoms with Crippen LogP contribution < -0.4 is 0 Å². The number of imidazole rings is 1. The lowest BCUT2D eigenvalue weighted by Crippen LogP contribution is -2.63. The summed E-state index contributed by atoms with van der Waals surface area (Å²) in [5, 5.41) is -4.76. The maximum Gasteiger partial charge on any atom is 0.369 e. The number of rotatable bonds is 43. The molecule has 0 N–H and O–H groups in total. The normalized spacial score (nSPS) is 24.0. The van der Waals surface area contributed by atoms with Gasteiger partial charge in [-0.25, -0.2) is 22.2 Å². The number of esters is 5.